The van der Waals surface area contributed by atoms with Gasteiger partial charge in [-0.15, -0.1) is 0 Å². The van der Waals surface area contributed by atoms with Gasteiger partial charge in [-0.25, -0.2) is 8.42 Å². The predicted molar refractivity (Wildman–Crippen MR) is 131 cm³/mol. The molecule has 5 heteroatoms. The standard InChI is InChI=1S/C26H34N2O2S/c1-4-7-10-20-28(21-22-16-18-24(19-17-22)27(5-2)6-3)31(29,30)26-15-11-13-23-12-8-9-14-25(23)26/h8-9,11-19H,4-7,10,20-21H2,1-3H3. The Bertz CT molecular complexity index is 1070. The lowest BCUT2D eigenvalue weighted by Gasteiger charge is -2.24. The summed E-state index contributed by atoms with van der Waals surface area (Å²) in [5, 5.41) is 1.73. The lowest BCUT2D eigenvalue weighted by atomic mass is 10.1. The largest absolute Gasteiger partial charge is 0.372 e. The molecular formula is C26H34N2O2S. The molecule has 0 saturated carbocycles. The Hall–Kier alpha value is -2.37. The first-order chi connectivity index (χ1) is 15.0. The van der Waals surface area contributed by atoms with Crippen LogP contribution in [0.1, 0.15) is 45.6 Å². The fourth-order valence-electron chi connectivity index (χ4n) is 3.99. The number of sulfonamides is 1. The zero-order chi connectivity index (χ0) is 22.3. The van der Waals surface area contributed by atoms with Crippen LogP contribution in [0.3, 0.4) is 0 Å². The van der Waals surface area contributed by atoms with Crippen LogP contribution >= 0.6 is 0 Å². The summed E-state index contributed by atoms with van der Waals surface area (Å²) in [6.45, 7) is 9.23. The molecule has 3 aromatic rings. The minimum absolute atomic E-state index is 0.383. The molecule has 4 nitrogen and oxygen atoms in total. The molecule has 0 unspecified atom stereocenters. The second kappa shape index (κ2) is 10.8. The highest BCUT2D eigenvalue weighted by Crippen LogP contribution is 2.27. The molecule has 0 radical (unpaired) electrons. The van der Waals surface area contributed by atoms with Gasteiger partial charge >= 0.3 is 0 Å². The monoisotopic (exact) mass is 438 g/mol. The van der Waals surface area contributed by atoms with Gasteiger partial charge in [0.1, 0.15) is 0 Å². The van der Waals surface area contributed by atoms with Crippen LogP contribution in [-0.4, -0.2) is 32.4 Å². The van der Waals surface area contributed by atoms with Gasteiger partial charge < -0.3 is 4.90 Å². The number of unbranched alkanes of at least 4 members (excludes halogenated alkanes) is 2. The van der Waals surface area contributed by atoms with E-state index >= 15 is 0 Å². The van der Waals surface area contributed by atoms with Crippen molar-refractivity contribution in [1.29, 1.82) is 0 Å². The van der Waals surface area contributed by atoms with Crippen molar-refractivity contribution in [2.45, 2.75) is 51.5 Å². The predicted octanol–water partition coefficient (Wildman–Crippen LogP) is 6.07. The highest BCUT2D eigenvalue weighted by molar-refractivity contribution is 7.89. The van der Waals surface area contributed by atoms with Gasteiger partial charge in [0.25, 0.3) is 0 Å². The molecule has 0 aliphatic carbocycles. The van der Waals surface area contributed by atoms with Gasteiger partial charge in [0, 0.05) is 37.3 Å². The summed E-state index contributed by atoms with van der Waals surface area (Å²) in [6.07, 6.45) is 2.93. The number of benzene rings is 3. The van der Waals surface area contributed by atoms with Crippen molar-refractivity contribution < 1.29 is 8.42 Å². The number of fused-ring (bicyclic) bond motifs is 1. The molecule has 166 valence electrons. The zero-order valence-corrected chi connectivity index (χ0v) is 19.7. The molecule has 0 amide bonds. The van der Waals surface area contributed by atoms with E-state index in [9.17, 15) is 8.42 Å². The first-order valence-corrected chi connectivity index (χ1v) is 12.8. The molecule has 31 heavy (non-hydrogen) atoms. The quantitative estimate of drug-likeness (QED) is 0.341. The average molecular weight is 439 g/mol. The maximum Gasteiger partial charge on any atom is 0.243 e. The van der Waals surface area contributed by atoms with Crippen LogP contribution < -0.4 is 4.90 Å². The SMILES string of the molecule is CCCCCN(Cc1ccc(N(CC)CC)cc1)S(=O)(=O)c1cccc2ccccc12. The first kappa shape index (κ1) is 23.3. The maximum absolute atomic E-state index is 13.7. The smallest absolute Gasteiger partial charge is 0.243 e. The van der Waals surface area contributed by atoms with Crippen molar-refractivity contribution in [2.75, 3.05) is 24.5 Å². The van der Waals surface area contributed by atoms with Gasteiger partial charge in [-0.1, -0.05) is 68.3 Å². The van der Waals surface area contributed by atoms with Gasteiger partial charge in [0.2, 0.25) is 10.0 Å². The highest BCUT2D eigenvalue weighted by atomic mass is 32.2. The molecule has 3 aromatic carbocycles. The Morgan fingerprint density at radius 3 is 2.13 bits per heavy atom. The third-order valence-corrected chi connectivity index (χ3v) is 7.71. The van der Waals surface area contributed by atoms with Crippen LogP contribution in [0.4, 0.5) is 5.69 Å². The molecule has 0 heterocycles. The fourth-order valence-corrected chi connectivity index (χ4v) is 5.67. The highest BCUT2D eigenvalue weighted by Gasteiger charge is 2.26. The molecule has 0 N–H and O–H groups in total. The van der Waals surface area contributed by atoms with Crippen molar-refractivity contribution in [3.8, 4) is 0 Å². The van der Waals surface area contributed by atoms with Crippen molar-refractivity contribution >= 4 is 26.5 Å². The van der Waals surface area contributed by atoms with Crippen LogP contribution in [0.5, 0.6) is 0 Å². The molecule has 0 atom stereocenters. The lowest BCUT2D eigenvalue weighted by Crippen LogP contribution is -2.32. The van der Waals surface area contributed by atoms with Gasteiger partial charge in [0.15, 0.2) is 0 Å². The molecule has 0 aliphatic heterocycles. The molecule has 3 rings (SSSR count). The van der Waals surface area contributed by atoms with Crippen LogP contribution in [0, 0.1) is 0 Å². The van der Waals surface area contributed by atoms with Crippen LogP contribution in [-0.2, 0) is 16.6 Å². The zero-order valence-electron chi connectivity index (χ0n) is 18.9. The second-order valence-electron chi connectivity index (χ2n) is 7.86. The summed E-state index contributed by atoms with van der Waals surface area (Å²) in [5.74, 6) is 0. The van der Waals surface area contributed by atoms with Gasteiger partial charge in [-0.05, 0) is 49.4 Å². The molecule has 0 fully saturated rings. The Kier molecular flexibility index (Phi) is 8.10. The normalized spacial score (nSPS) is 11.9. The summed E-state index contributed by atoms with van der Waals surface area (Å²) < 4.78 is 29.1. The number of nitrogens with zero attached hydrogens (tertiary/aromatic N) is 2. The van der Waals surface area contributed by atoms with E-state index in [1.807, 2.05) is 36.4 Å². The van der Waals surface area contributed by atoms with Crippen LogP contribution in [0.2, 0.25) is 0 Å². The summed E-state index contributed by atoms with van der Waals surface area (Å²) in [5.41, 5.74) is 2.18. The van der Waals surface area contributed by atoms with E-state index in [-0.39, 0.29) is 0 Å². The second-order valence-corrected chi connectivity index (χ2v) is 9.77. The van der Waals surface area contributed by atoms with E-state index in [0.717, 1.165) is 48.7 Å². The summed E-state index contributed by atoms with van der Waals surface area (Å²) >= 11 is 0. The van der Waals surface area contributed by atoms with E-state index in [4.69, 9.17) is 0 Å². The van der Waals surface area contributed by atoms with E-state index in [2.05, 4.69) is 49.9 Å². The molecular weight excluding hydrogens is 404 g/mol. The molecule has 0 aromatic heterocycles. The minimum atomic E-state index is -3.62. The van der Waals surface area contributed by atoms with E-state index in [1.54, 1.807) is 10.4 Å². The summed E-state index contributed by atoms with van der Waals surface area (Å²) in [6, 6.07) is 21.5. The van der Waals surface area contributed by atoms with E-state index < -0.39 is 10.0 Å². The Balaban J connectivity index is 1.93. The van der Waals surface area contributed by atoms with Crippen LogP contribution in [0.25, 0.3) is 10.8 Å². The number of anilines is 1. The van der Waals surface area contributed by atoms with Gasteiger partial charge in [-0.3, -0.25) is 0 Å². The average Bonchev–Trinajstić information content (AvgIpc) is 2.80. The number of hydrogen-bond donors (Lipinski definition) is 0. The third kappa shape index (κ3) is 5.46. The Morgan fingerprint density at radius 2 is 1.45 bits per heavy atom. The lowest BCUT2D eigenvalue weighted by molar-refractivity contribution is 0.395. The van der Waals surface area contributed by atoms with Gasteiger partial charge in [0.05, 0.1) is 4.90 Å². The third-order valence-electron chi connectivity index (χ3n) is 5.80. The summed E-state index contributed by atoms with van der Waals surface area (Å²) in [4.78, 5) is 2.68. The maximum atomic E-state index is 13.7. The molecule has 0 saturated heterocycles. The fraction of sp³-hybridized carbons (Fsp3) is 0.385. The topological polar surface area (TPSA) is 40.6 Å². The van der Waals surface area contributed by atoms with Gasteiger partial charge in [-0.2, -0.15) is 4.31 Å². The molecule has 0 bridgehead atoms. The number of rotatable bonds is 11. The molecule has 0 spiro atoms. The van der Waals surface area contributed by atoms with Crippen molar-refractivity contribution in [1.82, 2.24) is 4.31 Å². The van der Waals surface area contributed by atoms with Crippen molar-refractivity contribution in [3.63, 3.8) is 0 Å². The van der Waals surface area contributed by atoms with E-state index in [1.165, 1.54) is 5.69 Å². The Labute approximate surface area is 187 Å². The van der Waals surface area contributed by atoms with Crippen molar-refractivity contribution in [2.24, 2.45) is 0 Å². The molecule has 0 aliphatic rings. The van der Waals surface area contributed by atoms with Crippen molar-refractivity contribution in [3.05, 3.63) is 72.3 Å². The Morgan fingerprint density at radius 1 is 0.774 bits per heavy atom. The summed E-state index contributed by atoms with van der Waals surface area (Å²) in [7, 11) is -3.62. The van der Waals surface area contributed by atoms with Crippen LogP contribution in [0.15, 0.2) is 71.6 Å². The number of hydrogen-bond acceptors (Lipinski definition) is 3. The first-order valence-electron chi connectivity index (χ1n) is 11.3. The minimum Gasteiger partial charge on any atom is -0.372 e. The van der Waals surface area contributed by atoms with E-state index in [0.29, 0.717) is 18.0 Å².